The first-order valence-corrected chi connectivity index (χ1v) is 15.3. The lowest BCUT2D eigenvalue weighted by Gasteiger charge is -2.24. The van der Waals surface area contributed by atoms with Gasteiger partial charge < -0.3 is 34.7 Å². The molecular weight excluding hydrogens is 541 g/mol. The molecule has 1 aliphatic carbocycles. The van der Waals surface area contributed by atoms with Crippen molar-refractivity contribution in [2.75, 3.05) is 17.8 Å². The fourth-order valence-electron chi connectivity index (χ4n) is 4.07. The van der Waals surface area contributed by atoms with Crippen LogP contribution in [0.25, 0.3) is 11.0 Å². The van der Waals surface area contributed by atoms with Gasteiger partial charge in [-0.15, -0.1) is 0 Å². The molecule has 0 saturated heterocycles. The zero-order chi connectivity index (χ0) is 26.7. The lowest BCUT2D eigenvalue weighted by molar-refractivity contribution is -0.0413. The van der Waals surface area contributed by atoms with E-state index in [0.717, 1.165) is 30.4 Å². The molecule has 12 nitrogen and oxygen atoms in total. The van der Waals surface area contributed by atoms with E-state index < -0.39 is 46.2 Å². The van der Waals surface area contributed by atoms with E-state index in [1.54, 1.807) is 13.0 Å². The number of hydrogen-bond acceptors (Lipinski definition) is 8. The van der Waals surface area contributed by atoms with Crippen LogP contribution in [0.1, 0.15) is 45.3 Å². The van der Waals surface area contributed by atoms with E-state index in [0.29, 0.717) is 11.1 Å². The Morgan fingerprint density at radius 2 is 2.00 bits per heavy atom. The first kappa shape index (κ1) is 29.2. The van der Waals surface area contributed by atoms with Gasteiger partial charge in [0.15, 0.2) is 23.9 Å². The van der Waals surface area contributed by atoms with Crippen molar-refractivity contribution in [1.29, 1.82) is 0 Å². The number of nitrogens with zero attached hydrogens (tertiary/aromatic N) is 3. The standard InChI is InChI=1S/C20H30ClFN4O8P2/c1-2-5-12(10-34-36(32,33)11-35(29,30)31)18(27)17(22)20(28)26-19-14(9-23-26)15(8-16(21)25-19)24-13-6-3-4-7-13/h5,8-9,13,17-18,20,27-28H,2-4,6-7,10-11H2,1H3,(H,24,25)(H,32,33)(H2,29,30,31)/b12-5-/t17-,18+,20+/m0/s1. The van der Waals surface area contributed by atoms with Gasteiger partial charge in [-0.1, -0.05) is 37.4 Å². The summed E-state index contributed by atoms with van der Waals surface area (Å²) in [5.41, 5.74) is 0.522. The molecule has 6 N–H and O–H groups in total. The molecule has 4 atom stereocenters. The molecule has 1 aliphatic rings. The van der Waals surface area contributed by atoms with E-state index in [1.165, 1.54) is 12.3 Å². The molecule has 1 unspecified atom stereocenters. The van der Waals surface area contributed by atoms with E-state index in [9.17, 15) is 24.2 Å². The number of aliphatic hydroxyl groups excluding tert-OH is 2. The molecular formula is C20H30ClFN4O8P2. The molecule has 3 rings (SSSR count). The van der Waals surface area contributed by atoms with E-state index in [1.807, 2.05) is 0 Å². The van der Waals surface area contributed by atoms with Crippen LogP contribution in [-0.4, -0.2) is 70.5 Å². The first-order chi connectivity index (χ1) is 16.8. The summed E-state index contributed by atoms with van der Waals surface area (Å²) in [4.78, 5) is 31.6. The topological polar surface area (TPSA) is 187 Å². The predicted molar refractivity (Wildman–Crippen MR) is 132 cm³/mol. The molecule has 1 fully saturated rings. The third-order valence-electron chi connectivity index (χ3n) is 5.73. The monoisotopic (exact) mass is 570 g/mol. The number of nitrogens with one attached hydrogen (secondary N) is 1. The van der Waals surface area contributed by atoms with Gasteiger partial charge in [-0.2, -0.15) is 5.10 Å². The molecule has 0 radical (unpaired) electrons. The molecule has 202 valence electrons. The minimum atomic E-state index is -4.86. The first-order valence-electron chi connectivity index (χ1n) is 11.3. The number of halogens is 2. The number of alkyl halides is 1. The van der Waals surface area contributed by atoms with Gasteiger partial charge in [0.25, 0.3) is 0 Å². The molecule has 0 aliphatic heterocycles. The highest BCUT2D eigenvalue weighted by molar-refractivity contribution is 7.70. The largest absolute Gasteiger partial charge is 0.385 e. The van der Waals surface area contributed by atoms with Gasteiger partial charge >= 0.3 is 15.2 Å². The Hall–Kier alpha value is -1.40. The number of rotatable bonds is 12. The van der Waals surface area contributed by atoms with Crippen LogP contribution in [0.2, 0.25) is 5.15 Å². The predicted octanol–water partition coefficient (Wildman–Crippen LogP) is 3.30. The second-order valence-corrected chi connectivity index (χ2v) is 13.0. The van der Waals surface area contributed by atoms with Gasteiger partial charge in [0.1, 0.15) is 11.3 Å². The molecule has 1 saturated carbocycles. The van der Waals surface area contributed by atoms with Crippen molar-refractivity contribution in [2.24, 2.45) is 0 Å². The zero-order valence-corrected chi connectivity index (χ0v) is 22.0. The molecule has 2 aromatic rings. The summed E-state index contributed by atoms with van der Waals surface area (Å²) < 4.78 is 43.8. The van der Waals surface area contributed by atoms with Gasteiger partial charge in [0, 0.05) is 6.04 Å². The number of allylic oxidation sites excluding steroid dienone is 1. The molecule has 0 spiro atoms. The number of aliphatic hydroxyl groups is 2. The third kappa shape index (κ3) is 7.56. The minimum absolute atomic E-state index is 0.0871. The molecule has 0 aromatic carbocycles. The summed E-state index contributed by atoms with van der Waals surface area (Å²) >= 11 is 6.16. The second kappa shape index (κ2) is 12.0. The lowest BCUT2D eigenvalue weighted by atomic mass is 10.0. The summed E-state index contributed by atoms with van der Waals surface area (Å²) in [7, 11) is -9.60. The highest BCUT2D eigenvalue weighted by Gasteiger charge is 2.35. The fourth-order valence-corrected chi connectivity index (χ4v) is 6.80. The fraction of sp³-hybridized carbons (Fsp3) is 0.600. The normalized spacial score (nSPS) is 19.8. The Labute approximate surface area is 211 Å². The van der Waals surface area contributed by atoms with Crippen LogP contribution in [0.5, 0.6) is 0 Å². The van der Waals surface area contributed by atoms with Crippen molar-refractivity contribution in [3.05, 3.63) is 29.1 Å². The highest BCUT2D eigenvalue weighted by atomic mass is 35.5. The molecule has 16 heteroatoms. The summed E-state index contributed by atoms with van der Waals surface area (Å²) in [6, 6.07) is 1.86. The summed E-state index contributed by atoms with van der Waals surface area (Å²) in [5, 5.41) is 29.3. The SMILES string of the molecule is CC/C=C(/COP(=O)(O)CP(=O)(O)O)[C@@H](O)[C@H](F)[C@@H](O)n1ncc2c(NC3CCCC3)cc(Cl)nc21. The van der Waals surface area contributed by atoms with Crippen molar-refractivity contribution >= 4 is 43.5 Å². The van der Waals surface area contributed by atoms with E-state index in [-0.39, 0.29) is 28.8 Å². The maximum atomic E-state index is 15.3. The lowest BCUT2D eigenvalue weighted by Crippen LogP contribution is -2.35. The van der Waals surface area contributed by atoms with Crippen molar-refractivity contribution in [2.45, 2.75) is 63.6 Å². The van der Waals surface area contributed by atoms with Crippen LogP contribution in [0, 0.1) is 0 Å². The van der Waals surface area contributed by atoms with Gasteiger partial charge in [-0.05, 0) is 30.9 Å². The Bertz CT molecular complexity index is 1190. The average Bonchev–Trinajstić information content (AvgIpc) is 3.43. The number of fused-ring (bicyclic) bond motifs is 1. The van der Waals surface area contributed by atoms with Crippen LogP contribution >= 0.6 is 26.8 Å². The van der Waals surface area contributed by atoms with E-state index in [4.69, 9.17) is 25.9 Å². The van der Waals surface area contributed by atoms with Crippen molar-refractivity contribution < 1.29 is 42.9 Å². The van der Waals surface area contributed by atoms with Crippen LogP contribution in [-0.2, 0) is 13.7 Å². The maximum absolute atomic E-state index is 15.3. The van der Waals surface area contributed by atoms with Gasteiger partial charge in [-0.3, -0.25) is 9.13 Å². The Morgan fingerprint density at radius 3 is 2.61 bits per heavy atom. The van der Waals surface area contributed by atoms with Crippen LogP contribution in [0.4, 0.5) is 10.1 Å². The summed E-state index contributed by atoms with van der Waals surface area (Å²) in [6.45, 7) is 0.853. The van der Waals surface area contributed by atoms with Crippen LogP contribution in [0.3, 0.4) is 0 Å². The Morgan fingerprint density at radius 1 is 1.33 bits per heavy atom. The van der Waals surface area contributed by atoms with Gasteiger partial charge in [0.2, 0.25) is 0 Å². The summed E-state index contributed by atoms with van der Waals surface area (Å²) in [6.07, 6.45) is 0.773. The molecule has 2 heterocycles. The van der Waals surface area contributed by atoms with Crippen molar-refractivity contribution in [1.82, 2.24) is 14.8 Å². The summed E-state index contributed by atoms with van der Waals surface area (Å²) in [5.74, 6) is -1.43. The smallest absolute Gasteiger partial charge is 0.340 e. The van der Waals surface area contributed by atoms with E-state index in [2.05, 4.69) is 15.4 Å². The van der Waals surface area contributed by atoms with Crippen LogP contribution < -0.4 is 5.32 Å². The van der Waals surface area contributed by atoms with Gasteiger partial charge in [0.05, 0.1) is 23.9 Å². The number of anilines is 1. The number of hydrogen-bond donors (Lipinski definition) is 6. The average molecular weight is 571 g/mol. The molecule has 2 aromatic heterocycles. The molecule has 36 heavy (non-hydrogen) atoms. The highest BCUT2D eigenvalue weighted by Crippen LogP contribution is 2.55. The van der Waals surface area contributed by atoms with Crippen LogP contribution in [0.15, 0.2) is 23.9 Å². The van der Waals surface area contributed by atoms with Crippen molar-refractivity contribution in [3.8, 4) is 0 Å². The second-order valence-electron chi connectivity index (χ2n) is 8.65. The molecule has 0 amide bonds. The number of pyridine rings is 1. The van der Waals surface area contributed by atoms with Crippen molar-refractivity contribution in [3.63, 3.8) is 0 Å². The zero-order valence-electron chi connectivity index (χ0n) is 19.4. The molecule has 0 bridgehead atoms. The third-order valence-corrected chi connectivity index (χ3v) is 9.36. The maximum Gasteiger partial charge on any atom is 0.340 e. The quantitative estimate of drug-likeness (QED) is 0.125. The minimum Gasteiger partial charge on any atom is -0.385 e. The Kier molecular flexibility index (Phi) is 9.70. The number of aromatic nitrogens is 3. The van der Waals surface area contributed by atoms with Gasteiger partial charge in [-0.25, -0.2) is 14.1 Å². The Balaban J connectivity index is 1.79. The van der Waals surface area contributed by atoms with E-state index >= 15 is 4.39 Å².